The summed E-state index contributed by atoms with van der Waals surface area (Å²) in [6, 6.07) is 3.86. The van der Waals surface area contributed by atoms with E-state index in [0.717, 1.165) is 12.0 Å². The Kier molecular flexibility index (Phi) is 5.66. The standard InChI is InChI=1S/C18H21N5O2/c24-17(3-2-15-4-6-19-7-5-15)22-10-1-11-23(13-12-22)18(25)16-14-20-8-9-21-16/h4-9,14H,1-3,10-13H2. The molecule has 3 rings (SSSR count). The lowest BCUT2D eigenvalue weighted by Gasteiger charge is -2.22. The van der Waals surface area contributed by atoms with E-state index < -0.39 is 0 Å². The molecule has 0 atom stereocenters. The van der Waals surface area contributed by atoms with E-state index >= 15 is 0 Å². The smallest absolute Gasteiger partial charge is 0.274 e. The summed E-state index contributed by atoms with van der Waals surface area (Å²) in [6.07, 6.45) is 9.96. The number of aryl methyl sites for hydroxylation is 1. The Balaban J connectivity index is 1.52. The highest BCUT2D eigenvalue weighted by molar-refractivity contribution is 5.92. The van der Waals surface area contributed by atoms with Gasteiger partial charge in [0.2, 0.25) is 5.91 Å². The molecule has 1 fully saturated rings. The number of carbonyl (C=O) groups is 2. The lowest BCUT2D eigenvalue weighted by atomic mass is 10.1. The van der Waals surface area contributed by atoms with Gasteiger partial charge < -0.3 is 9.80 Å². The molecule has 0 bridgehead atoms. The lowest BCUT2D eigenvalue weighted by Crippen LogP contribution is -2.37. The summed E-state index contributed by atoms with van der Waals surface area (Å²) in [5, 5.41) is 0. The Bertz CT molecular complexity index is 708. The van der Waals surface area contributed by atoms with Crippen molar-refractivity contribution in [1.29, 1.82) is 0 Å². The third kappa shape index (κ3) is 4.59. The number of pyridine rings is 1. The first kappa shape index (κ1) is 17.0. The van der Waals surface area contributed by atoms with Crippen LogP contribution in [0.15, 0.2) is 43.1 Å². The highest BCUT2D eigenvalue weighted by Gasteiger charge is 2.23. The lowest BCUT2D eigenvalue weighted by molar-refractivity contribution is -0.131. The van der Waals surface area contributed by atoms with Crippen molar-refractivity contribution in [2.24, 2.45) is 0 Å². The molecule has 0 N–H and O–H groups in total. The number of amides is 2. The van der Waals surface area contributed by atoms with Gasteiger partial charge in [-0.2, -0.15) is 0 Å². The normalized spacial score (nSPS) is 14.9. The fourth-order valence-corrected chi connectivity index (χ4v) is 2.90. The Morgan fingerprint density at radius 2 is 1.68 bits per heavy atom. The molecule has 7 heteroatoms. The predicted octanol–water partition coefficient (Wildman–Crippen LogP) is 1.18. The van der Waals surface area contributed by atoms with Gasteiger partial charge in [0, 0.05) is 57.4 Å². The molecule has 3 heterocycles. The van der Waals surface area contributed by atoms with Gasteiger partial charge in [-0.25, -0.2) is 4.98 Å². The van der Waals surface area contributed by atoms with Crippen LogP contribution in [0.25, 0.3) is 0 Å². The van der Waals surface area contributed by atoms with Gasteiger partial charge >= 0.3 is 0 Å². The van der Waals surface area contributed by atoms with Crippen LogP contribution in [0.3, 0.4) is 0 Å². The molecule has 7 nitrogen and oxygen atoms in total. The van der Waals surface area contributed by atoms with Gasteiger partial charge in [-0.3, -0.25) is 19.6 Å². The molecule has 130 valence electrons. The van der Waals surface area contributed by atoms with Crippen molar-refractivity contribution >= 4 is 11.8 Å². The van der Waals surface area contributed by atoms with Gasteiger partial charge in [-0.15, -0.1) is 0 Å². The van der Waals surface area contributed by atoms with Crippen LogP contribution in [-0.2, 0) is 11.2 Å². The average Bonchev–Trinajstić information content (AvgIpc) is 2.93. The molecule has 25 heavy (non-hydrogen) atoms. The summed E-state index contributed by atoms with van der Waals surface area (Å²) in [5.74, 6) is 0.00444. The van der Waals surface area contributed by atoms with Gasteiger partial charge in [0.05, 0.1) is 6.20 Å². The predicted molar refractivity (Wildman–Crippen MR) is 91.7 cm³/mol. The first-order chi connectivity index (χ1) is 12.2. The molecular weight excluding hydrogens is 318 g/mol. The summed E-state index contributed by atoms with van der Waals surface area (Å²) >= 11 is 0. The van der Waals surface area contributed by atoms with Crippen LogP contribution in [0, 0.1) is 0 Å². The van der Waals surface area contributed by atoms with Crippen LogP contribution < -0.4 is 0 Å². The third-order valence-corrected chi connectivity index (χ3v) is 4.30. The second-order valence-corrected chi connectivity index (χ2v) is 5.97. The molecule has 2 aromatic heterocycles. The minimum atomic E-state index is -0.126. The number of rotatable bonds is 4. The van der Waals surface area contributed by atoms with Crippen LogP contribution in [0.2, 0.25) is 0 Å². The van der Waals surface area contributed by atoms with Crippen molar-refractivity contribution in [3.8, 4) is 0 Å². The van der Waals surface area contributed by atoms with Gasteiger partial charge in [0.1, 0.15) is 5.69 Å². The molecule has 1 aliphatic heterocycles. The van der Waals surface area contributed by atoms with Gasteiger partial charge in [-0.1, -0.05) is 0 Å². The van der Waals surface area contributed by atoms with Crippen LogP contribution in [-0.4, -0.2) is 62.7 Å². The molecule has 0 spiro atoms. The monoisotopic (exact) mass is 339 g/mol. The van der Waals surface area contributed by atoms with Crippen molar-refractivity contribution < 1.29 is 9.59 Å². The zero-order valence-electron chi connectivity index (χ0n) is 14.0. The van der Waals surface area contributed by atoms with E-state index in [1.54, 1.807) is 23.5 Å². The molecule has 0 unspecified atom stereocenters. The minimum absolute atomic E-state index is 0.126. The minimum Gasteiger partial charge on any atom is -0.341 e. The summed E-state index contributed by atoms with van der Waals surface area (Å²) in [6.45, 7) is 2.39. The average molecular weight is 339 g/mol. The third-order valence-electron chi connectivity index (χ3n) is 4.30. The first-order valence-electron chi connectivity index (χ1n) is 8.46. The molecular formula is C18H21N5O2. The van der Waals surface area contributed by atoms with Crippen LogP contribution >= 0.6 is 0 Å². The zero-order chi connectivity index (χ0) is 17.5. The fraction of sp³-hybridized carbons (Fsp3) is 0.389. The van der Waals surface area contributed by atoms with Crippen molar-refractivity contribution in [3.63, 3.8) is 0 Å². The highest BCUT2D eigenvalue weighted by Crippen LogP contribution is 2.10. The van der Waals surface area contributed by atoms with E-state index in [4.69, 9.17) is 0 Å². The summed E-state index contributed by atoms with van der Waals surface area (Å²) in [7, 11) is 0. The zero-order valence-corrected chi connectivity index (χ0v) is 14.0. The largest absolute Gasteiger partial charge is 0.341 e. The number of carbonyl (C=O) groups excluding carboxylic acids is 2. The Labute approximate surface area is 146 Å². The molecule has 1 saturated heterocycles. The van der Waals surface area contributed by atoms with Crippen molar-refractivity contribution in [2.75, 3.05) is 26.2 Å². The topological polar surface area (TPSA) is 79.3 Å². The molecule has 2 aromatic rings. The molecule has 0 aliphatic carbocycles. The van der Waals surface area contributed by atoms with Gasteiger partial charge in [0.25, 0.3) is 5.91 Å². The first-order valence-corrected chi connectivity index (χ1v) is 8.46. The number of hydrogen-bond acceptors (Lipinski definition) is 5. The van der Waals surface area contributed by atoms with Crippen LogP contribution in [0.4, 0.5) is 0 Å². The van der Waals surface area contributed by atoms with E-state index in [2.05, 4.69) is 15.0 Å². The highest BCUT2D eigenvalue weighted by atomic mass is 16.2. The Hall–Kier alpha value is -2.83. The summed E-state index contributed by atoms with van der Waals surface area (Å²) in [5.41, 5.74) is 1.46. The van der Waals surface area contributed by atoms with E-state index in [0.29, 0.717) is 44.7 Å². The number of hydrogen-bond donors (Lipinski definition) is 0. The SMILES string of the molecule is O=C(CCc1ccncc1)N1CCCN(C(=O)c2cnccn2)CC1. The van der Waals surface area contributed by atoms with Crippen molar-refractivity contribution in [2.45, 2.75) is 19.3 Å². The van der Waals surface area contributed by atoms with Crippen molar-refractivity contribution in [1.82, 2.24) is 24.8 Å². The van der Waals surface area contributed by atoms with Gasteiger partial charge in [-0.05, 0) is 30.5 Å². The molecule has 2 amide bonds. The number of nitrogens with zero attached hydrogens (tertiary/aromatic N) is 5. The van der Waals surface area contributed by atoms with Crippen LogP contribution in [0.1, 0.15) is 28.9 Å². The maximum absolute atomic E-state index is 12.5. The summed E-state index contributed by atoms with van der Waals surface area (Å²) in [4.78, 5) is 40.5. The van der Waals surface area contributed by atoms with Crippen molar-refractivity contribution in [3.05, 3.63) is 54.4 Å². The summed E-state index contributed by atoms with van der Waals surface area (Å²) < 4.78 is 0. The second-order valence-electron chi connectivity index (χ2n) is 5.97. The Morgan fingerprint density at radius 1 is 0.920 bits per heavy atom. The molecule has 0 aromatic carbocycles. The van der Waals surface area contributed by atoms with E-state index in [1.807, 2.05) is 17.0 Å². The Morgan fingerprint density at radius 3 is 2.44 bits per heavy atom. The molecule has 0 radical (unpaired) electrons. The number of aromatic nitrogens is 3. The van der Waals surface area contributed by atoms with E-state index in [-0.39, 0.29) is 11.8 Å². The molecule has 1 aliphatic rings. The van der Waals surface area contributed by atoms with Crippen LogP contribution in [0.5, 0.6) is 0 Å². The van der Waals surface area contributed by atoms with E-state index in [9.17, 15) is 9.59 Å². The fourth-order valence-electron chi connectivity index (χ4n) is 2.90. The van der Waals surface area contributed by atoms with Gasteiger partial charge in [0.15, 0.2) is 0 Å². The molecule has 0 saturated carbocycles. The maximum Gasteiger partial charge on any atom is 0.274 e. The van der Waals surface area contributed by atoms with E-state index in [1.165, 1.54) is 12.4 Å². The quantitative estimate of drug-likeness (QED) is 0.836. The maximum atomic E-state index is 12.5. The second kappa shape index (κ2) is 8.32.